The third-order valence-electron chi connectivity index (χ3n) is 5.92. The highest BCUT2D eigenvalue weighted by atomic mass is 35.5. The van der Waals surface area contributed by atoms with Crippen molar-refractivity contribution in [3.05, 3.63) is 71.5 Å². The molecule has 0 unspecified atom stereocenters. The molecule has 1 saturated carbocycles. The number of aromatic nitrogens is 2. The molecule has 3 aromatic rings. The number of nitrogens with two attached hydrogens (primary N) is 1. The van der Waals surface area contributed by atoms with Gasteiger partial charge < -0.3 is 16.0 Å². The number of benzene rings is 2. The maximum Gasteiger partial charge on any atom is 0.0931 e. The summed E-state index contributed by atoms with van der Waals surface area (Å²) >= 11 is 6.21. The van der Waals surface area contributed by atoms with Crippen molar-refractivity contribution in [3.8, 4) is 0 Å². The zero-order chi connectivity index (χ0) is 18.9. The molecular weight excluding hydrogens is 356 g/mol. The molecule has 0 aliphatic heterocycles. The molecule has 1 aliphatic carbocycles. The van der Waals surface area contributed by atoms with Crippen molar-refractivity contribution in [2.75, 3.05) is 6.54 Å². The van der Waals surface area contributed by atoms with Crippen LogP contribution in [-0.4, -0.2) is 22.6 Å². The molecule has 1 heterocycles. The zero-order valence-corrected chi connectivity index (χ0v) is 16.1. The summed E-state index contributed by atoms with van der Waals surface area (Å²) in [5.74, 6) is 0. The Bertz CT molecular complexity index is 954. The van der Waals surface area contributed by atoms with E-state index in [4.69, 9.17) is 17.3 Å². The summed E-state index contributed by atoms with van der Waals surface area (Å²) in [6.45, 7) is 4.90. The highest BCUT2D eigenvalue weighted by Crippen LogP contribution is 2.40. The Morgan fingerprint density at radius 1 is 1.26 bits per heavy atom. The van der Waals surface area contributed by atoms with Crippen LogP contribution in [0.1, 0.15) is 36.8 Å². The van der Waals surface area contributed by atoms with Gasteiger partial charge in [0.25, 0.3) is 0 Å². The quantitative estimate of drug-likeness (QED) is 0.605. The Kier molecular flexibility index (Phi) is 4.94. The predicted molar refractivity (Wildman–Crippen MR) is 113 cm³/mol. The Hall–Kier alpha value is -2.30. The van der Waals surface area contributed by atoms with Crippen molar-refractivity contribution in [2.24, 2.45) is 5.73 Å². The minimum absolute atomic E-state index is 0.0270. The number of hydrogen-bond acceptors (Lipinski definition) is 3. The number of hydrogen-bond donors (Lipinski definition) is 3. The first-order valence-corrected chi connectivity index (χ1v) is 9.82. The van der Waals surface area contributed by atoms with Crippen LogP contribution in [0.2, 0.25) is 5.02 Å². The van der Waals surface area contributed by atoms with E-state index >= 15 is 0 Å². The van der Waals surface area contributed by atoms with Crippen LogP contribution in [0.25, 0.3) is 16.7 Å². The maximum absolute atomic E-state index is 6.21. The Morgan fingerprint density at radius 2 is 2.07 bits per heavy atom. The van der Waals surface area contributed by atoms with Crippen LogP contribution in [0.3, 0.4) is 0 Å². The fourth-order valence-electron chi connectivity index (χ4n) is 4.20. The highest BCUT2D eigenvalue weighted by molar-refractivity contribution is 6.30. The molecule has 0 atom stereocenters. The number of nitrogens with one attached hydrogen (secondary N) is 2. The largest absolute Gasteiger partial charge is 0.382 e. The fourth-order valence-corrected chi connectivity index (χ4v) is 4.39. The van der Waals surface area contributed by atoms with Gasteiger partial charge in [0, 0.05) is 28.7 Å². The third-order valence-corrected chi connectivity index (χ3v) is 6.15. The zero-order valence-electron chi connectivity index (χ0n) is 15.3. The number of imidazole rings is 1. The Labute approximate surface area is 164 Å². The molecule has 0 radical (unpaired) electrons. The van der Waals surface area contributed by atoms with Gasteiger partial charge in [-0.2, -0.15) is 0 Å². The van der Waals surface area contributed by atoms with E-state index < -0.39 is 0 Å². The minimum Gasteiger partial charge on any atom is -0.382 e. The summed E-state index contributed by atoms with van der Waals surface area (Å²) in [6.07, 6.45) is 5.95. The van der Waals surface area contributed by atoms with E-state index in [0.29, 0.717) is 12.6 Å². The highest BCUT2D eigenvalue weighted by Gasteiger charge is 2.36. The lowest BCUT2D eigenvalue weighted by Crippen LogP contribution is -2.43. The van der Waals surface area contributed by atoms with Crippen molar-refractivity contribution >= 4 is 28.3 Å². The van der Waals surface area contributed by atoms with Crippen LogP contribution in [0.4, 0.5) is 0 Å². The van der Waals surface area contributed by atoms with E-state index in [2.05, 4.69) is 46.1 Å². The molecule has 1 aromatic heterocycles. The number of H-pyrrole nitrogens is 1. The number of rotatable bonds is 5. The molecule has 4 N–H and O–H groups in total. The van der Waals surface area contributed by atoms with E-state index in [1.165, 1.54) is 5.56 Å². The monoisotopic (exact) mass is 380 g/mol. The average Bonchev–Trinajstić information content (AvgIpc) is 3.16. The first-order chi connectivity index (χ1) is 13.1. The smallest absolute Gasteiger partial charge is 0.0931 e. The van der Waals surface area contributed by atoms with E-state index in [1.807, 2.05) is 18.2 Å². The SMILES string of the molecule is C=C(NC1CCC(CN)(c2cccc(Cl)c2)CC1)c1ccc2nc[nH]c2c1. The lowest BCUT2D eigenvalue weighted by molar-refractivity contribution is 0.264. The number of fused-ring (bicyclic) bond motifs is 1. The first-order valence-electron chi connectivity index (χ1n) is 9.45. The topological polar surface area (TPSA) is 66.7 Å². The number of aromatic amines is 1. The third kappa shape index (κ3) is 3.60. The van der Waals surface area contributed by atoms with E-state index in [0.717, 1.165) is 53.0 Å². The van der Waals surface area contributed by atoms with Crippen LogP contribution in [0, 0.1) is 0 Å². The van der Waals surface area contributed by atoms with Crippen LogP contribution in [0.15, 0.2) is 55.4 Å². The molecular formula is C22H25ClN4. The van der Waals surface area contributed by atoms with E-state index in [1.54, 1.807) is 6.33 Å². The molecule has 1 fully saturated rings. The van der Waals surface area contributed by atoms with Crippen LogP contribution in [-0.2, 0) is 5.41 Å². The lowest BCUT2D eigenvalue weighted by atomic mass is 9.68. The molecule has 0 bridgehead atoms. The second-order valence-corrected chi connectivity index (χ2v) is 7.96. The predicted octanol–water partition coefficient (Wildman–Crippen LogP) is 4.62. The maximum atomic E-state index is 6.21. The summed E-state index contributed by atoms with van der Waals surface area (Å²) in [5, 5.41) is 4.40. The van der Waals surface area contributed by atoms with Gasteiger partial charge in [-0.05, 0) is 61.1 Å². The van der Waals surface area contributed by atoms with Gasteiger partial charge in [0.1, 0.15) is 0 Å². The average molecular weight is 381 g/mol. The summed E-state index contributed by atoms with van der Waals surface area (Å²) in [5.41, 5.74) is 11.6. The van der Waals surface area contributed by atoms with Gasteiger partial charge >= 0.3 is 0 Å². The summed E-state index contributed by atoms with van der Waals surface area (Å²) in [4.78, 5) is 7.42. The van der Waals surface area contributed by atoms with Gasteiger partial charge in [-0.15, -0.1) is 0 Å². The van der Waals surface area contributed by atoms with E-state index in [-0.39, 0.29) is 5.41 Å². The van der Waals surface area contributed by atoms with Crippen molar-refractivity contribution in [1.82, 2.24) is 15.3 Å². The minimum atomic E-state index is 0.0270. The van der Waals surface area contributed by atoms with Crippen LogP contribution >= 0.6 is 11.6 Å². The van der Waals surface area contributed by atoms with Gasteiger partial charge in [-0.1, -0.05) is 36.4 Å². The summed E-state index contributed by atoms with van der Waals surface area (Å²) in [6, 6.07) is 14.8. The molecule has 1 aliphatic rings. The standard InChI is InChI=1S/C22H25ClN4/c1-15(16-5-6-20-21(11-16)26-14-25-20)27-19-7-9-22(13-24,10-8-19)17-3-2-4-18(23)12-17/h2-6,11-12,14,19,27H,1,7-10,13,24H2,(H,25,26). The molecule has 0 spiro atoms. The summed E-state index contributed by atoms with van der Waals surface area (Å²) < 4.78 is 0. The van der Waals surface area contributed by atoms with Crippen molar-refractivity contribution < 1.29 is 0 Å². The second-order valence-electron chi connectivity index (χ2n) is 7.53. The molecule has 4 rings (SSSR count). The van der Waals surface area contributed by atoms with Gasteiger partial charge in [0.2, 0.25) is 0 Å². The van der Waals surface area contributed by atoms with Crippen LogP contribution in [0.5, 0.6) is 0 Å². The van der Waals surface area contributed by atoms with Gasteiger partial charge in [-0.25, -0.2) is 4.98 Å². The van der Waals surface area contributed by atoms with Crippen molar-refractivity contribution in [1.29, 1.82) is 0 Å². The molecule has 0 amide bonds. The number of nitrogens with zero attached hydrogens (tertiary/aromatic N) is 1. The molecule has 2 aromatic carbocycles. The van der Waals surface area contributed by atoms with Crippen molar-refractivity contribution in [3.63, 3.8) is 0 Å². The van der Waals surface area contributed by atoms with Crippen LogP contribution < -0.4 is 11.1 Å². The van der Waals surface area contributed by atoms with Crippen molar-refractivity contribution in [2.45, 2.75) is 37.1 Å². The van der Waals surface area contributed by atoms with Gasteiger partial charge in [-0.3, -0.25) is 0 Å². The fraction of sp³-hybridized carbons (Fsp3) is 0.318. The lowest BCUT2D eigenvalue weighted by Gasteiger charge is -2.40. The summed E-state index contributed by atoms with van der Waals surface area (Å²) in [7, 11) is 0. The second kappa shape index (κ2) is 7.37. The molecule has 27 heavy (non-hydrogen) atoms. The molecule has 5 heteroatoms. The van der Waals surface area contributed by atoms with Gasteiger partial charge in [0.15, 0.2) is 0 Å². The Morgan fingerprint density at radius 3 is 2.81 bits per heavy atom. The van der Waals surface area contributed by atoms with Gasteiger partial charge in [0.05, 0.1) is 17.4 Å². The Balaban J connectivity index is 1.43. The molecule has 0 saturated heterocycles. The molecule has 140 valence electrons. The number of halogens is 1. The van der Waals surface area contributed by atoms with E-state index in [9.17, 15) is 0 Å². The molecule has 4 nitrogen and oxygen atoms in total. The first kappa shape index (κ1) is 18.1. The normalized spacial score (nSPS) is 22.7.